The van der Waals surface area contributed by atoms with Crippen molar-refractivity contribution >= 4 is 63.2 Å². The van der Waals surface area contributed by atoms with E-state index < -0.39 is 0 Å². The Morgan fingerprint density at radius 2 is 1.80 bits per heavy atom. The van der Waals surface area contributed by atoms with Gasteiger partial charge in [-0.2, -0.15) is 0 Å². The molecule has 2 amide bonds. The molecule has 30 heavy (non-hydrogen) atoms. The first-order chi connectivity index (χ1) is 14.3. The molecule has 0 N–H and O–H groups in total. The van der Waals surface area contributed by atoms with Gasteiger partial charge < -0.3 is 4.57 Å². The summed E-state index contributed by atoms with van der Waals surface area (Å²) in [5.41, 5.74) is 4.97. The van der Waals surface area contributed by atoms with E-state index in [0.29, 0.717) is 9.93 Å². The van der Waals surface area contributed by atoms with E-state index in [0.717, 1.165) is 43.5 Å². The van der Waals surface area contributed by atoms with Gasteiger partial charge in [0, 0.05) is 25.7 Å². The predicted molar refractivity (Wildman–Crippen MR) is 131 cm³/mol. The molecule has 0 atom stereocenters. The maximum atomic E-state index is 12.9. The molecule has 0 radical (unpaired) electrons. The Hall–Kier alpha value is -2.03. The molecule has 1 saturated heterocycles. The minimum atomic E-state index is -0.265. The van der Waals surface area contributed by atoms with Crippen molar-refractivity contribution in [3.05, 3.63) is 90.6 Å². The second-order valence-corrected chi connectivity index (χ2v) is 9.71. The van der Waals surface area contributed by atoms with Crippen LogP contribution in [-0.4, -0.2) is 20.6 Å². The van der Waals surface area contributed by atoms with Gasteiger partial charge in [0.1, 0.15) is 0 Å². The maximum Gasteiger partial charge on any atom is 0.293 e. The van der Waals surface area contributed by atoms with Gasteiger partial charge in [0.05, 0.1) is 11.4 Å². The lowest BCUT2D eigenvalue weighted by Gasteiger charge is -2.12. The summed E-state index contributed by atoms with van der Waals surface area (Å²) < 4.78 is 3.31. The zero-order chi connectivity index (χ0) is 21.4. The number of amides is 2. The zero-order valence-electron chi connectivity index (χ0n) is 16.4. The minimum absolute atomic E-state index is 0.237. The molecule has 1 aliphatic rings. The number of rotatable bonds is 4. The molecule has 1 aromatic heterocycles. The summed E-state index contributed by atoms with van der Waals surface area (Å²) >= 11 is 9.20. The molecule has 2 heterocycles. The van der Waals surface area contributed by atoms with E-state index in [2.05, 4.69) is 45.4 Å². The average Bonchev–Trinajstić information content (AvgIpc) is 3.13. The first kappa shape index (κ1) is 21.2. The summed E-state index contributed by atoms with van der Waals surface area (Å²) in [4.78, 5) is 27.1. The van der Waals surface area contributed by atoms with Gasteiger partial charge in [-0.15, -0.1) is 0 Å². The molecule has 0 bridgehead atoms. The third kappa shape index (κ3) is 4.22. The third-order valence-electron chi connectivity index (χ3n) is 4.95. The molecule has 3 aromatic rings. The largest absolute Gasteiger partial charge is 0.318 e. The Labute approximate surface area is 198 Å². The van der Waals surface area contributed by atoms with Crippen molar-refractivity contribution in [2.24, 2.45) is 0 Å². The molecule has 2 aromatic carbocycles. The lowest BCUT2D eigenvalue weighted by atomic mass is 10.2. The molecule has 0 aliphatic carbocycles. The number of hydrogen-bond donors (Lipinski definition) is 0. The van der Waals surface area contributed by atoms with E-state index in [1.807, 2.05) is 44.2 Å². The van der Waals surface area contributed by atoms with Crippen molar-refractivity contribution in [3.8, 4) is 5.69 Å². The molecule has 4 nitrogen and oxygen atoms in total. The van der Waals surface area contributed by atoms with Crippen LogP contribution in [0, 0.1) is 17.4 Å². The van der Waals surface area contributed by atoms with Gasteiger partial charge in [0.15, 0.2) is 0 Å². The number of nitrogens with zero attached hydrogens (tertiary/aromatic N) is 2. The van der Waals surface area contributed by atoms with Crippen LogP contribution in [0.15, 0.2) is 59.5 Å². The fraction of sp³-hybridized carbons (Fsp3) is 0.130. The number of hydrogen-bond acceptors (Lipinski definition) is 3. The SMILES string of the molecule is Cc1cc(/C=C2\SC(=O)N(Cc3ccc(Cl)cc3)C2=O)c(C)n1-c1cccc(I)c1. The molecule has 1 aliphatic heterocycles. The number of carbonyl (C=O) groups is 2. The summed E-state index contributed by atoms with van der Waals surface area (Å²) in [7, 11) is 0. The number of aryl methyl sites for hydroxylation is 1. The van der Waals surface area contributed by atoms with Gasteiger partial charge in [-0.05, 0) is 102 Å². The molecule has 152 valence electrons. The number of aromatic nitrogens is 1. The lowest BCUT2D eigenvalue weighted by Crippen LogP contribution is -2.27. The summed E-state index contributed by atoms with van der Waals surface area (Å²) in [5, 5.41) is 0.365. The molecule has 0 spiro atoms. The molecule has 0 unspecified atom stereocenters. The zero-order valence-corrected chi connectivity index (χ0v) is 20.1. The van der Waals surface area contributed by atoms with Crippen molar-refractivity contribution < 1.29 is 9.59 Å². The lowest BCUT2D eigenvalue weighted by molar-refractivity contribution is -0.123. The van der Waals surface area contributed by atoms with Crippen molar-refractivity contribution in [1.29, 1.82) is 0 Å². The van der Waals surface area contributed by atoms with Crippen molar-refractivity contribution in [1.82, 2.24) is 9.47 Å². The number of halogens is 2. The Bertz CT molecular complexity index is 1180. The van der Waals surface area contributed by atoms with Crippen LogP contribution >= 0.6 is 46.0 Å². The Morgan fingerprint density at radius 1 is 1.07 bits per heavy atom. The molecule has 1 fully saturated rings. The second kappa shape index (κ2) is 8.61. The van der Waals surface area contributed by atoms with Crippen LogP contribution in [0.3, 0.4) is 0 Å². The van der Waals surface area contributed by atoms with Crippen molar-refractivity contribution in [2.45, 2.75) is 20.4 Å². The highest BCUT2D eigenvalue weighted by atomic mass is 127. The van der Waals surface area contributed by atoms with Gasteiger partial charge in [0.2, 0.25) is 0 Å². The third-order valence-corrected chi connectivity index (χ3v) is 6.78. The normalized spacial score (nSPS) is 15.5. The quantitative estimate of drug-likeness (QED) is 0.273. The number of carbonyl (C=O) groups excluding carboxylic acids is 2. The Kier molecular flexibility index (Phi) is 6.09. The fourth-order valence-corrected chi connectivity index (χ4v) is 4.98. The van der Waals surface area contributed by atoms with E-state index >= 15 is 0 Å². The topological polar surface area (TPSA) is 42.3 Å². The fourth-order valence-electron chi connectivity index (χ4n) is 3.50. The minimum Gasteiger partial charge on any atom is -0.318 e. The highest BCUT2D eigenvalue weighted by Crippen LogP contribution is 2.34. The Balaban J connectivity index is 1.62. The van der Waals surface area contributed by atoms with Crippen LogP contribution in [0.5, 0.6) is 0 Å². The van der Waals surface area contributed by atoms with Crippen LogP contribution in [0.4, 0.5) is 4.79 Å². The van der Waals surface area contributed by atoms with E-state index in [1.54, 1.807) is 12.1 Å². The molecule has 0 saturated carbocycles. The first-order valence-corrected chi connectivity index (χ1v) is 11.6. The van der Waals surface area contributed by atoms with Gasteiger partial charge in [-0.3, -0.25) is 14.5 Å². The highest BCUT2D eigenvalue weighted by molar-refractivity contribution is 14.1. The smallest absolute Gasteiger partial charge is 0.293 e. The number of benzene rings is 2. The van der Waals surface area contributed by atoms with Crippen LogP contribution < -0.4 is 0 Å². The summed E-state index contributed by atoms with van der Waals surface area (Å²) in [6, 6.07) is 17.5. The van der Waals surface area contributed by atoms with E-state index in [9.17, 15) is 9.59 Å². The van der Waals surface area contributed by atoms with E-state index in [-0.39, 0.29) is 17.7 Å². The van der Waals surface area contributed by atoms with Crippen LogP contribution in [0.1, 0.15) is 22.5 Å². The van der Waals surface area contributed by atoms with Gasteiger partial charge >= 0.3 is 0 Å². The Morgan fingerprint density at radius 3 is 2.50 bits per heavy atom. The van der Waals surface area contributed by atoms with Gasteiger partial charge in [0.25, 0.3) is 11.1 Å². The number of imide groups is 1. The van der Waals surface area contributed by atoms with Gasteiger partial charge in [-0.1, -0.05) is 29.8 Å². The number of thioether (sulfide) groups is 1. The molecular weight excluding hydrogens is 531 g/mol. The monoisotopic (exact) mass is 548 g/mol. The van der Waals surface area contributed by atoms with Crippen molar-refractivity contribution in [3.63, 3.8) is 0 Å². The van der Waals surface area contributed by atoms with Crippen molar-refractivity contribution in [2.75, 3.05) is 0 Å². The van der Waals surface area contributed by atoms with E-state index in [1.165, 1.54) is 4.90 Å². The second-order valence-electron chi connectivity index (χ2n) is 7.04. The molecule has 4 rings (SSSR count). The molecular formula is C23H18ClIN2O2S. The van der Waals surface area contributed by atoms with Crippen LogP contribution in [0.2, 0.25) is 5.02 Å². The van der Waals surface area contributed by atoms with Gasteiger partial charge in [-0.25, -0.2) is 0 Å². The standard InChI is InChI=1S/C23H18ClIN2O2S/c1-14-10-17(15(2)27(14)20-5-3-4-19(25)12-20)11-21-22(28)26(23(29)30-21)13-16-6-8-18(24)9-7-16/h3-12H,13H2,1-2H3/b21-11-. The predicted octanol–water partition coefficient (Wildman–Crippen LogP) is 6.59. The summed E-state index contributed by atoms with van der Waals surface area (Å²) in [6.45, 7) is 4.30. The summed E-state index contributed by atoms with van der Waals surface area (Å²) in [5.74, 6) is -0.265. The summed E-state index contributed by atoms with van der Waals surface area (Å²) in [6.07, 6.45) is 1.82. The van der Waals surface area contributed by atoms with Crippen LogP contribution in [-0.2, 0) is 11.3 Å². The average molecular weight is 549 g/mol. The highest BCUT2D eigenvalue weighted by Gasteiger charge is 2.35. The first-order valence-electron chi connectivity index (χ1n) is 9.28. The van der Waals surface area contributed by atoms with E-state index in [4.69, 9.17) is 11.6 Å². The van der Waals surface area contributed by atoms with Crippen LogP contribution in [0.25, 0.3) is 11.8 Å². The maximum absolute atomic E-state index is 12.9. The molecule has 7 heteroatoms.